The van der Waals surface area contributed by atoms with Crippen molar-refractivity contribution in [3.05, 3.63) is 48.5 Å². The molecule has 2 aromatic carbocycles. The number of carbonyl (C=O) groups excluding carboxylic acids is 1. The highest BCUT2D eigenvalue weighted by atomic mass is 19.4. The van der Waals surface area contributed by atoms with Gasteiger partial charge in [-0.2, -0.15) is 4.98 Å². The molecule has 0 saturated carbocycles. The topological polar surface area (TPSA) is 70.8 Å². The molecule has 158 valence electrons. The summed E-state index contributed by atoms with van der Waals surface area (Å²) in [5.41, 5.74) is 1.95. The maximum Gasteiger partial charge on any atom is 0.573 e. The van der Waals surface area contributed by atoms with Crippen molar-refractivity contribution in [2.24, 2.45) is 0 Å². The second kappa shape index (κ2) is 8.23. The number of nitrogens with one attached hydrogen (secondary N) is 1. The van der Waals surface area contributed by atoms with Gasteiger partial charge in [-0.3, -0.25) is 9.69 Å². The number of halogens is 3. The minimum absolute atomic E-state index is 0.183. The quantitative estimate of drug-likeness (QED) is 0.682. The molecule has 7 nitrogen and oxygen atoms in total. The number of ether oxygens (including phenoxy) is 1. The van der Waals surface area contributed by atoms with Gasteiger partial charge in [0.2, 0.25) is 5.91 Å². The molecule has 1 N–H and O–H groups in total. The van der Waals surface area contributed by atoms with E-state index in [0.29, 0.717) is 37.9 Å². The van der Waals surface area contributed by atoms with Crippen molar-refractivity contribution in [1.29, 1.82) is 0 Å². The molecule has 1 fully saturated rings. The lowest BCUT2D eigenvalue weighted by Crippen LogP contribution is -2.48. The molecular formula is C20H19F3N4O3. The third kappa shape index (κ3) is 5.01. The molecule has 10 heteroatoms. The van der Waals surface area contributed by atoms with Gasteiger partial charge in [-0.05, 0) is 36.4 Å². The van der Waals surface area contributed by atoms with Crippen molar-refractivity contribution in [2.75, 3.05) is 42.9 Å². The zero-order valence-electron chi connectivity index (χ0n) is 15.9. The lowest BCUT2D eigenvalue weighted by atomic mass is 10.3. The van der Waals surface area contributed by atoms with Crippen LogP contribution in [0.2, 0.25) is 0 Å². The predicted octanol–water partition coefficient (Wildman–Crippen LogP) is 3.49. The first-order chi connectivity index (χ1) is 14.4. The first-order valence-electron chi connectivity index (χ1n) is 9.34. The standard InChI is InChI=1S/C20H19F3N4O3/c21-20(22,23)30-15-7-5-14(6-8-15)24-18(28)13-26-9-11-27(12-10-26)19-25-16-3-1-2-4-17(16)29-19/h1-8H,9-13H2,(H,24,28). The molecule has 30 heavy (non-hydrogen) atoms. The fourth-order valence-corrected chi connectivity index (χ4v) is 3.24. The number of oxazole rings is 1. The van der Waals surface area contributed by atoms with Gasteiger partial charge in [-0.1, -0.05) is 12.1 Å². The molecule has 1 aliphatic heterocycles. The summed E-state index contributed by atoms with van der Waals surface area (Å²) in [4.78, 5) is 20.8. The highest BCUT2D eigenvalue weighted by Crippen LogP contribution is 2.24. The second-order valence-electron chi connectivity index (χ2n) is 6.85. The highest BCUT2D eigenvalue weighted by Gasteiger charge is 2.31. The molecule has 1 amide bonds. The molecule has 3 aromatic rings. The lowest BCUT2D eigenvalue weighted by Gasteiger charge is -2.33. The van der Waals surface area contributed by atoms with Gasteiger partial charge in [0, 0.05) is 31.9 Å². The highest BCUT2D eigenvalue weighted by molar-refractivity contribution is 5.92. The van der Waals surface area contributed by atoms with Crippen LogP contribution in [0.25, 0.3) is 11.1 Å². The van der Waals surface area contributed by atoms with Crippen molar-refractivity contribution < 1.29 is 27.1 Å². The van der Waals surface area contributed by atoms with E-state index in [2.05, 4.69) is 15.0 Å². The number of carbonyl (C=O) groups is 1. The van der Waals surface area contributed by atoms with E-state index < -0.39 is 6.36 Å². The third-order valence-electron chi connectivity index (χ3n) is 4.66. The molecule has 2 heterocycles. The number of aromatic nitrogens is 1. The van der Waals surface area contributed by atoms with Crippen LogP contribution in [0.3, 0.4) is 0 Å². The maximum absolute atomic E-state index is 12.3. The van der Waals surface area contributed by atoms with Crippen LogP contribution in [-0.2, 0) is 4.79 Å². The number of anilines is 2. The largest absolute Gasteiger partial charge is 0.573 e. The van der Waals surface area contributed by atoms with E-state index in [4.69, 9.17) is 4.42 Å². The summed E-state index contributed by atoms with van der Waals surface area (Å²) in [6.45, 7) is 2.84. The SMILES string of the molecule is O=C(CN1CCN(c2nc3ccccc3o2)CC1)Nc1ccc(OC(F)(F)F)cc1. The predicted molar refractivity (Wildman–Crippen MR) is 104 cm³/mol. The van der Waals surface area contributed by atoms with Gasteiger partial charge in [0.25, 0.3) is 6.01 Å². The van der Waals surface area contributed by atoms with Crippen LogP contribution in [-0.4, -0.2) is 54.9 Å². The van der Waals surface area contributed by atoms with Gasteiger partial charge in [0.15, 0.2) is 5.58 Å². The number of hydrogen-bond donors (Lipinski definition) is 1. The van der Waals surface area contributed by atoms with Gasteiger partial charge >= 0.3 is 6.36 Å². The second-order valence-corrected chi connectivity index (χ2v) is 6.85. The van der Waals surface area contributed by atoms with Gasteiger partial charge in [-0.15, -0.1) is 13.2 Å². The molecule has 4 rings (SSSR count). The van der Waals surface area contributed by atoms with Crippen molar-refractivity contribution in [2.45, 2.75) is 6.36 Å². The van der Waals surface area contributed by atoms with Crippen LogP contribution < -0.4 is 15.0 Å². The Labute approximate surface area is 170 Å². The molecule has 1 aliphatic rings. The number of alkyl halides is 3. The van der Waals surface area contributed by atoms with Gasteiger partial charge in [-0.25, -0.2) is 0 Å². The zero-order chi connectivity index (χ0) is 21.1. The van der Waals surface area contributed by atoms with Crippen molar-refractivity contribution in [3.63, 3.8) is 0 Å². The van der Waals surface area contributed by atoms with E-state index in [0.717, 1.165) is 23.2 Å². The van der Waals surface area contributed by atoms with E-state index in [9.17, 15) is 18.0 Å². The van der Waals surface area contributed by atoms with Crippen molar-refractivity contribution in [3.8, 4) is 5.75 Å². The first-order valence-corrected chi connectivity index (χ1v) is 9.34. The van der Waals surface area contributed by atoms with E-state index in [1.807, 2.05) is 34.1 Å². The number of nitrogens with zero attached hydrogens (tertiary/aromatic N) is 3. The number of benzene rings is 2. The van der Waals surface area contributed by atoms with Crippen LogP contribution in [0.4, 0.5) is 24.9 Å². The minimum atomic E-state index is -4.75. The van der Waals surface area contributed by atoms with Crippen LogP contribution in [0.5, 0.6) is 5.75 Å². The Morgan fingerprint density at radius 1 is 1.07 bits per heavy atom. The third-order valence-corrected chi connectivity index (χ3v) is 4.66. The van der Waals surface area contributed by atoms with Gasteiger partial charge in [0.1, 0.15) is 11.3 Å². The Bertz CT molecular complexity index is 979. The molecule has 0 atom stereocenters. The fourth-order valence-electron chi connectivity index (χ4n) is 3.24. The molecule has 0 radical (unpaired) electrons. The van der Waals surface area contributed by atoms with Crippen LogP contribution >= 0.6 is 0 Å². The minimum Gasteiger partial charge on any atom is -0.423 e. The Morgan fingerprint density at radius 2 is 1.77 bits per heavy atom. The van der Waals surface area contributed by atoms with Crippen molar-refractivity contribution in [1.82, 2.24) is 9.88 Å². The molecule has 0 bridgehead atoms. The Hall–Kier alpha value is -3.27. The smallest absolute Gasteiger partial charge is 0.423 e. The fraction of sp³-hybridized carbons (Fsp3) is 0.300. The summed E-state index contributed by atoms with van der Waals surface area (Å²) in [7, 11) is 0. The molecule has 1 aromatic heterocycles. The summed E-state index contributed by atoms with van der Waals surface area (Å²) in [6.07, 6.45) is -4.75. The Balaban J connectivity index is 1.26. The van der Waals surface area contributed by atoms with E-state index in [1.54, 1.807) is 0 Å². The van der Waals surface area contributed by atoms with Crippen LogP contribution in [0.15, 0.2) is 52.9 Å². The summed E-state index contributed by atoms with van der Waals surface area (Å²) >= 11 is 0. The summed E-state index contributed by atoms with van der Waals surface area (Å²) in [6, 6.07) is 13.2. The molecule has 0 unspecified atom stereocenters. The maximum atomic E-state index is 12.3. The average molecular weight is 420 g/mol. The molecule has 0 aliphatic carbocycles. The van der Waals surface area contributed by atoms with Crippen molar-refractivity contribution >= 4 is 28.7 Å². The summed E-state index contributed by atoms with van der Waals surface area (Å²) < 4.78 is 46.2. The number of piperazine rings is 1. The lowest BCUT2D eigenvalue weighted by molar-refractivity contribution is -0.274. The molecular weight excluding hydrogens is 401 g/mol. The van der Waals surface area contributed by atoms with Crippen LogP contribution in [0.1, 0.15) is 0 Å². The molecule has 0 spiro atoms. The van der Waals surface area contributed by atoms with Gasteiger partial charge < -0.3 is 19.4 Å². The zero-order valence-corrected chi connectivity index (χ0v) is 15.9. The Kier molecular flexibility index (Phi) is 5.49. The van der Waals surface area contributed by atoms with Crippen LogP contribution in [0, 0.1) is 0 Å². The normalized spacial score (nSPS) is 15.4. The average Bonchev–Trinajstić information content (AvgIpc) is 3.13. The number of para-hydroxylation sites is 2. The summed E-state index contributed by atoms with van der Waals surface area (Å²) in [5, 5.41) is 2.68. The number of rotatable bonds is 5. The first kappa shape index (κ1) is 20.0. The van der Waals surface area contributed by atoms with E-state index in [-0.39, 0.29) is 18.2 Å². The number of hydrogen-bond acceptors (Lipinski definition) is 6. The Morgan fingerprint density at radius 3 is 2.43 bits per heavy atom. The number of amides is 1. The van der Waals surface area contributed by atoms with E-state index >= 15 is 0 Å². The van der Waals surface area contributed by atoms with E-state index in [1.165, 1.54) is 12.1 Å². The van der Waals surface area contributed by atoms with Gasteiger partial charge in [0.05, 0.1) is 6.54 Å². The summed E-state index contributed by atoms with van der Waals surface area (Å²) in [5.74, 6) is -0.578. The molecule has 1 saturated heterocycles. The monoisotopic (exact) mass is 420 g/mol. The number of fused-ring (bicyclic) bond motifs is 1.